The number of fused-ring (bicyclic) bond motifs is 1. The van der Waals surface area contributed by atoms with E-state index in [0.717, 1.165) is 9.87 Å². The molecular formula is C30H32ClN3O5S. The van der Waals surface area contributed by atoms with Gasteiger partial charge >= 0.3 is 0 Å². The minimum atomic E-state index is -4.07. The maximum Gasteiger partial charge on any atom is 0.269 e. The minimum absolute atomic E-state index is 0.0338. The first kappa shape index (κ1) is 29.3. The molecule has 0 fully saturated rings. The third kappa shape index (κ3) is 6.54. The van der Waals surface area contributed by atoms with Crippen molar-refractivity contribution in [2.24, 2.45) is 5.92 Å². The van der Waals surface area contributed by atoms with Gasteiger partial charge in [-0.3, -0.25) is 14.4 Å². The van der Waals surface area contributed by atoms with E-state index >= 15 is 0 Å². The Labute approximate surface area is 240 Å². The molecule has 0 aromatic heterocycles. The molecule has 210 valence electrons. The van der Waals surface area contributed by atoms with Crippen LogP contribution < -0.4 is 5.32 Å². The molecule has 3 aromatic rings. The zero-order valence-electron chi connectivity index (χ0n) is 22.4. The summed E-state index contributed by atoms with van der Waals surface area (Å²) in [6, 6.07) is 21.5. The number of hydrogen-bond donors (Lipinski definition) is 1. The number of amides is 3. The third-order valence-corrected chi connectivity index (χ3v) is 8.90. The maximum absolute atomic E-state index is 13.9. The van der Waals surface area contributed by atoms with Crippen LogP contribution in [0.4, 0.5) is 0 Å². The van der Waals surface area contributed by atoms with Crippen LogP contribution >= 0.6 is 11.6 Å². The van der Waals surface area contributed by atoms with Crippen molar-refractivity contribution in [3.05, 3.63) is 101 Å². The number of benzene rings is 3. The predicted molar refractivity (Wildman–Crippen MR) is 153 cm³/mol. The Kier molecular flexibility index (Phi) is 9.27. The molecule has 1 heterocycles. The van der Waals surface area contributed by atoms with Gasteiger partial charge in [0.25, 0.3) is 15.9 Å². The van der Waals surface area contributed by atoms with Crippen molar-refractivity contribution >= 4 is 39.3 Å². The first-order valence-electron chi connectivity index (χ1n) is 13.1. The van der Waals surface area contributed by atoms with E-state index < -0.39 is 27.9 Å². The van der Waals surface area contributed by atoms with Gasteiger partial charge in [-0.2, -0.15) is 0 Å². The van der Waals surface area contributed by atoms with E-state index in [2.05, 4.69) is 5.32 Å². The topological polar surface area (TPSA) is 104 Å². The van der Waals surface area contributed by atoms with Crippen LogP contribution in [-0.4, -0.2) is 54.5 Å². The van der Waals surface area contributed by atoms with Crippen LogP contribution in [0, 0.1) is 5.92 Å². The normalized spacial score (nSPS) is 14.6. The fourth-order valence-corrected chi connectivity index (χ4v) is 6.34. The van der Waals surface area contributed by atoms with Crippen molar-refractivity contribution in [3.8, 4) is 0 Å². The fourth-order valence-electron chi connectivity index (χ4n) is 4.58. The highest BCUT2D eigenvalue weighted by Gasteiger charge is 2.41. The Morgan fingerprint density at radius 3 is 2.27 bits per heavy atom. The van der Waals surface area contributed by atoms with Gasteiger partial charge < -0.3 is 10.2 Å². The molecule has 0 aliphatic carbocycles. The van der Waals surface area contributed by atoms with E-state index in [0.29, 0.717) is 17.1 Å². The van der Waals surface area contributed by atoms with Gasteiger partial charge in [0, 0.05) is 37.5 Å². The number of rotatable bonds is 11. The number of carbonyl (C=O) groups is 3. The summed E-state index contributed by atoms with van der Waals surface area (Å²) < 4.78 is 26.8. The Hall–Kier alpha value is -3.69. The highest BCUT2D eigenvalue weighted by molar-refractivity contribution is 7.90. The number of halogens is 1. The number of nitrogens with zero attached hydrogens (tertiary/aromatic N) is 2. The molecule has 0 saturated heterocycles. The molecule has 1 aliphatic rings. The summed E-state index contributed by atoms with van der Waals surface area (Å²) in [6.45, 7) is 4.07. The van der Waals surface area contributed by atoms with Crippen LogP contribution in [0.2, 0.25) is 5.02 Å². The maximum atomic E-state index is 13.9. The zero-order chi connectivity index (χ0) is 28.9. The molecule has 3 amide bonds. The molecule has 0 bridgehead atoms. The Morgan fingerprint density at radius 2 is 1.60 bits per heavy atom. The predicted octanol–water partition coefficient (Wildman–Crippen LogP) is 4.29. The minimum Gasteiger partial charge on any atom is -0.354 e. The summed E-state index contributed by atoms with van der Waals surface area (Å²) in [4.78, 5) is 41.7. The highest BCUT2D eigenvalue weighted by atomic mass is 35.5. The second-order valence-electron chi connectivity index (χ2n) is 10.1. The summed E-state index contributed by atoms with van der Waals surface area (Å²) in [5.41, 5.74) is 1.58. The molecule has 0 spiro atoms. The molecule has 0 radical (unpaired) electrons. The zero-order valence-corrected chi connectivity index (χ0v) is 24.0. The van der Waals surface area contributed by atoms with E-state index in [1.54, 1.807) is 36.4 Å². The van der Waals surface area contributed by atoms with Gasteiger partial charge in [-0.15, -0.1) is 0 Å². The first-order chi connectivity index (χ1) is 19.1. The van der Waals surface area contributed by atoms with Crippen LogP contribution in [0.15, 0.2) is 83.8 Å². The summed E-state index contributed by atoms with van der Waals surface area (Å²) in [5, 5.41) is 3.38. The van der Waals surface area contributed by atoms with Gasteiger partial charge in [0.2, 0.25) is 11.8 Å². The van der Waals surface area contributed by atoms with Crippen molar-refractivity contribution in [3.63, 3.8) is 0 Å². The molecule has 4 rings (SSSR count). The second-order valence-corrected chi connectivity index (χ2v) is 12.3. The second kappa shape index (κ2) is 12.7. The summed E-state index contributed by atoms with van der Waals surface area (Å²) in [7, 11) is -4.07. The number of sulfonamides is 1. The van der Waals surface area contributed by atoms with E-state index in [9.17, 15) is 22.8 Å². The average molecular weight is 582 g/mol. The first-order valence-corrected chi connectivity index (χ1v) is 14.9. The van der Waals surface area contributed by atoms with Crippen molar-refractivity contribution in [2.75, 3.05) is 13.1 Å². The number of hydrogen-bond acceptors (Lipinski definition) is 5. The van der Waals surface area contributed by atoms with Gasteiger partial charge in [-0.1, -0.05) is 86.1 Å². The fraction of sp³-hybridized carbons (Fsp3) is 0.300. The van der Waals surface area contributed by atoms with E-state index in [4.69, 9.17) is 11.6 Å². The van der Waals surface area contributed by atoms with Crippen LogP contribution in [0.25, 0.3) is 0 Å². The van der Waals surface area contributed by atoms with Gasteiger partial charge in [0.05, 0.1) is 5.56 Å². The average Bonchev–Trinajstić information content (AvgIpc) is 3.13. The van der Waals surface area contributed by atoms with Crippen molar-refractivity contribution < 1.29 is 22.8 Å². The van der Waals surface area contributed by atoms with E-state index in [1.807, 2.05) is 44.2 Å². The lowest BCUT2D eigenvalue weighted by molar-refractivity contribution is -0.141. The molecule has 8 nitrogen and oxygen atoms in total. The van der Waals surface area contributed by atoms with Crippen LogP contribution in [-0.2, 0) is 32.6 Å². The number of nitrogens with one attached hydrogen (secondary N) is 1. The molecule has 10 heteroatoms. The molecular weight excluding hydrogens is 550 g/mol. The smallest absolute Gasteiger partial charge is 0.269 e. The van der Waals surface area contributed by atoms with Gasteiger partial charge in [0.15, 0.2) is 0 Å². The molecule has 1 N–H and O–H groups in total. The Morgan fingerprint density at radius 1 is 0.950 bits per heavy atom. The van der Waals surface area contributed by atoms with E-state index in [-0.39, 0.29) is 48.2 Å². The van der Waals surface area contributed by atoms with Crippen LogP contribution in [0.5, 0.6) is 0 Å². The standard InChI is InChI=1S/C30H32ClN3O5S/c1-21(2)19-32-29(36)26(18-22-10-4-3-5-11-22)33(20-23-12-6-8-14-25(23)31)28(35)16-17-34-30(37)24-13-7-9-15-27(24)40(34,38)39/h3-15,21,26H,16-20H2,1-2H3,(H,32,36). The molecule has 0 saturated carbocycles. The Bertz CT molecular complexity index is 1490. The molecule has 1 atom stereocenters. The molecule has 3 aromatic carbocycles. The Balaban J connectivity index is 1.64. The van der Waals surface area contributed by atoms with Crippen LogP contribution in [0.3, 0.4) is 0 Å². The summed E-state index contributed by atoms with van der Waals surface area (Å²) >= 11 is 6.44. The summed E-state index contributed by atoms with van der Waals surface area (Å²) in [5.74, 6) is -1.27. The van der Waals surface area contributed by atoms with Gasteiger partial charge in [-0.05, 0) is 35.2 Å². The monoisotopic (exact) mass is 581 g/mol. The van der Waals surface area contributed by atoms with Crippen molar-refractivity contribution in [2.45, 2.75) is 44.2 Å². The SMILES string of the molecule is CC(C)CNC(=O)C(Cc1ccccc1)N(Cc1ccccc1Cl)C(=O)CCN1C(=O)c2ccccc2S1(=O)=O. The molecule has 1 aliphatic heterocycles. The molecule has 40 heavy (non-hydrogen) atoms. The molecule has 1 unspecified atom stereocenters. The van der Waals surface area contributed by atoms with Crippen molar-refractivity contribution in [1.82, 2.24) is 14.5 Å². The largest absolute Gasteiger partial charge is 0.354 e. The lowest BCUT2D eigenvalue weighted by atomic mass is 10.0. The van der Waals surface area contributed by atoms with Gasteiger partial charge in [0.1, 0.15) is 10.9 Å². The summed E-state index contributed by atoms with van der Waals surface area (Å²) in [6.07, 6.45) is -0.0560. The highest BCUT2D eigenvalue weighted by Crippen LogP contribution is 2.30. The number of carbonyl (C=O) groups excluding carboxylic acids is 3. The third-order valence-electron chi connectivity index (χ3n) is 6.69. The van der Waals surface area contributed by atoms with Crippen LogP contribution in [0.1, 0.15) is 41.8 Å². The van der Waals surface area contributed by atoms with Crippen molar-refractivity contribution in [1.29, 1.82) is 0 Å². The van der Waals surface area contributed by atoms with Gasteiger partial charge in [-0.25, -0.2) is 12.7 Å². The lowest BCUT2D eigenvalue weighted by Crippen LogP contribution is -2.51. The van der Waals surface area contributed by atoms with E-state index in [1.165, 1.54) is 17.0 Å². The lowest BCUT2D eigenvalue weighted by Gasteiger charge is -2.32. The quantitative estimate of drug-likeness (QED) is 0.364.